The van der Waals surface area contributed by atoms with Gasteiger partial charge in [0.15, 0.2) is 0 Å². The van der Waals surface area contributed by atoms with Gasteiger partial charge in [-0.2, -0.15) is 13.2 Å². The van der Waals surface area contributed by atoms with Crippen LogP contribution in [0.25, 0.3) is 0 Å². The molecule has 0 radical (unpaired) electrons. The zero-order valence-corrected chi connectivity index (χ0v) is 6.77. The molecule has 6 heteroatoms. The number of halogens is 3. The Hall–Kier alpha value is -0.780. The van der Waals surface area contributed by atoms with E-state index in [0.717, 1.165) is 0 Å². The summed E-state index contributed by atoms with van der Waals surface area (Å²) >= 11 is 0. The molecule has 1 amide bonds. The number of carbonyl (C=O) groups excluding carboxylic acids is 1. The van der Waals surface area contributed by atoms with Crippen LogP contribution in [0.3, 0.4) is 0 Å². The van der Waals surface area contributed by atoms with Gasteiger partial charge in [-0.25, -0.2) is 0 Å². The molecule has 0 unspecified atom stereocenters. The monoisotopic (exact) mass is 197 g/mol. The van der Waals surface area contributed by atoms with Crippen LogP contribution in [0.5, 0.6) is 0 Å². The Kier molecular flexibility index (Phi) is 2.80. The molecule has 2 N–H and O–H groups in total. The summed E-state index contributed by atoms with van der Waals surface area (Å²) in [7, 11) is 0. The molecule has 0 aromatic carbocycles. The van der Waals surface area contributed by atoms with Gasteiger partial charge < -0.3 is 10.4 Å². The SMILES string of the molecule is O=C(N[C@@H]1CCC[C@H]1O)C(F)(F)F. The van der Waals surface area contributed by atoms with E-state index in [1.807, 2.05) is 0 Å². The lowest BCUT2D eigenvalue weighted by atomic mass is 10.2. The van der Waals surface area contributed by atoms with E-state index < -0.39 is 24.2 Å². The van der Waals surface area contributed by atoms with Crippen LogP contribution < -0.4 is 5.32 Å². The van der Waals surface area contributed by atoms with Gasteiger partial charge >= 0.3 is 12.1 Å². The number of hydrogen-bond donors (Lipinski definition) is 2. The number of hydrogen-bond acceptors (Lipinski definition) is 2. The molecule has 0 spiro atoms. The van der Waals surface area contributed by atoms with Gasteiger partial charge in [0.05, 0.1) is 12.1 Å². The number of aliphatic hydroxyl groups is 1. The van der Waals surface area contributed by atoms with Crippen molar-refractivity contribution >= 4 is 5.91 Å². The Morgan fingerprint density at radius 1 is 1.38 bits per heavy atom. The van der Waals surface area contributed by atoms with E-state index in [1.54, 1.807) is 5.32 Å². The minimum atomic E-state index is -4.86. The molecule has 1 aliphatic rings. The number of alkyl halides is 3. The molecule has 0 saturated heterocycles. The van der Waals surface area contributed by atoms with Gasteiger partial charge in [-0.05, 0) is 19.3 Å². The summed E-state index contributed by atoms with van der Waals surface area (Å²) in [6, 6.07) is -0.742. The predicted molar refractivity (Wildman–Crippen MR) is 37.8 cm³/mol. The third-order valence-electron chi connectivity index (χ3n) is 2.05. The minimum Gasteiger partial charge on any atom is -0.391 e. The first-order chi connectivity index (χ1) is 5.91. The highest BCUT2D eigenvalue weighted by Gasteiger charge is 2.41. The Bertz CT molecular complexity index is 204. The first-order valence-corrected chi connectivity index (χ1v) is 3.97. The molecular formula is C7H10F3NO2. The second-order valence-electron chi connectivity index (χ2n) is 3.08. The van der Waals surface area contributed by atoms with Gasteiger partial charge in [0.25, 0.3) is 0 Å². The second kappa shape index (κ2) is 3.53. The molecule has 1 saturated carbocycles. The summed E-state index contributed by atoms with van der Waals surface area (Å²) in [5.74, 6) is -1.97. The molecule has 0 heterocycles. The van der Waals surface area contributed by atoms with E-state index in [1.165, 1.54) is 0 Å². The van der Waals surface area contributed by atoms with Crippen molar-refractivity contribution in [2.75, 3.05) is 0 Å². The quantitative estimate of drug-likeness (QED) is 0.646. The van der Waals surface area contributed by atoms with Gasteiger partial charge in [-0.3, -0.25) is 4.79 Å². The molecule has 0 aromatic rings. The second-order valence-corrected chi connectivity index (χ2v) is 3.08. The Labute approximate surface area is 72.9 Å². The molecule has 0 aliphatic heterocycles. The molecule has 2 atom stereocenters. The zero-order valence-electron chi connectivity index (χ0n) is 6.77. The fourth-order valence-corrected chi connectivity index (χ4v) is 1.36. The summed E-state index contributed by atoms with van der Waals surface area (Å²) in [5, 5.41) is 10.9. The van der Waals surface area contributed by atoms with Crippen molar-refractivity contribution in [1.82, 2.24) is 5.32 Å². The first kappa shape index (κ1) is 10.3. The molecule has 1 rings (SSSR count). The zero-order chi connectivity index (χ0) is 10.1. The first-order valence-electron chi connectivity index (χ1n) is 3.97. The van der Waals surface area contributed by atoms with Crippen molar-refractivity contribution in [2.45, 2.75) is 37.6 Å². The predicted octanol–water partition coefficient (Wildman–Crippen LogP) is 0.578. The van der Waals surface area contributed by atoms with E-state index in [-0.39, 0.29) is 0 Å². The van der Waals surface area contributed by atoms with Crippen LogP contribution in [0, 0.1) is 0 Å². The normalized spacial score (nSPS) is 28.9. The summed E-state index contributed by atoms with van der Waals surface area (Å²) in [5.41, 5.74) is 0. The van der Waals surface area contributed by atoms with Gasteiger partial charge in [-0.15, -0.1) is 0 Å². The summed E-state index contributed by atoms with van der Waals surface area (Å²) < 4.78 is 35.2. The van der Waals surface area contributed by atoms with Crippen LogP contribution in [0.4, 0.5) is 13.2 Å². The smallest absolute Gasteiger partial charge is 0.391 e. The number of rotatable bonds is 1. The third-order valence-corrected chi connectivity index (χ3v) is 2.05. The molecular weight excluding hydrogens is 187 g/mol. The highest BCUT2D eigenvalue weighted by atomic mass is 19.4. The average molecular weight is 197 g/mol. The summed E-state index contributed by atoms with van der Waals surface area (Å²) in [6.07, 6.45) is -4.20. The highest BCUT2D eigenvalue weighted by molar-refractivity contribution is 5.82. The van der Waals surface area contributed by atoms with Gasteiger partial charge in [-0.1, -0.05) is 0 Å². The molecule has 0 bridgehead atoms. The van der Waals surface area contributed by atoms with Crippen LogP contribution >= 0.6 is 0 Å². The summed E-state index contributed by atoms with van der Waals surface area (Å²) in [4.78, 5) is 10.4. The molecule has 13 heavy (non-hydrogen) atoms. The van der Waals surface area contributed by atoms with Crippen LogP contribution in [-0.2, 0) is 4.79 Å². The van der Waals surface area contributed by atoms with Crippen molar-refractivity contribution in [3.63, 3.8) is 0 Å². The topological polar surface area (TPSA) is 49.3 Å². The maximum absolute atomic E-state index is 11.7. The van der Waals surface area contributed by atoms with Crippen LogP contribution in [0.15, 0.2) is 0 Å². The Balaban J connectivity index is 2.45. The standard InChI is InChI=1S/C7H10F3NO2/c8-7(9,10)6(13)11-4-2-1-3-5(4)12/h4-5,12H,1-3H2,(H,11,13)/t4-,5-/m1/s1. The number of aliphatic hydroxyl groups excluding tert-OH is 1. The highest BCUT2D eigenvalue weighted by Crippen LogP contribution is 2.21. The van der Waals surface area contributed by atoms with E-state index in [4.69, 9.17) is 5.11 Å². The third kappa shape index (κ3) is 2.58. The maximum Gasteiger partial charge on any atom is 0.471 e. The number of amides is 1. The molecule has 3 nitrogen and oxygen atoms in total. The van der Waals surface area contributed by atoms with E-state index in [9.17, 15) is 18.0 Å². The van der Waals surface area contributed by atoms with E-state index in [2.05, 4.69) is 0 Å². The number of nitrogens with one attached hydrogen (secondary N) is 1. The minimum absolute atomic E-state index is 0.406. The van der Waals surface area contributed by atoms with Crippen LogP contribution in [0.1, 0.15) is 19.3 Å². The van der Waals surface area contributed by atoms with Crippen molar-refractivity contribution < 1.29 is 23.1 Å². The van der Waals surface area contributed by atoms with Crippen molar-refractivity contribution in [2.24, 2.45) is 0 Å². The fraction of sp³-hybridized carbons (Fsp3) is 0.857. The molecule has 1 fully saturated rings. The van der Waals surface area contributed by atoms with E-state index in [0.29, 0.717) is 19.3 Å². The lowest BCUT2D eigenvalue weighted by molar-refractivity contribution is -0.174. The van der Waals surface area contributed by atoms with Gasteiger partial charge in [0.2, 0.25) is 0 Å². The Morgan fingerprint density at radius 3 is 2.38 bits per heavy atom. The van der Waals surface area contributed by atoms with Gasteiger partial charge in [0.1, 0.15) is 0 Å². The van der Waals surface area contributed by atoms with Crippen LogP contribution in [0.2, 0.25) is 0 Å². The van der Waals surface area contributed by atoms with Crippen molar-refractivity contribution in [1.29, 1.82) is 0 Å². The summed E-state index contributed by atoms with van der Waals surface area (Å²) in [6.45, 7) is 0. The number of carbonyl (C=O) groups is 1. The average Bonchev–Trinajstić information content (AvgIpc) is 2.34. The van der Waals surface area contributed by atoms with Gasteiger partial charge in [0, 0.05) is 0 Å². The molecule has 1 aliphatic carbocycles. The Morgan fingerprint density at radius 2 is 2.00 bits per heavy atom. The largest absolute Gasteiger partial charge is 0.471 e. The lowest BCUT2D eigenvalue weighted by Gasteiger charge is -2.17. The van der Waals surface area contributed by atoms with Crippen molar-refractivity contribution in [3.05, 3.63) is 0 Å². The van der Waals surface area contributed by atoms with Crippen molar-refractivity contribution in [3.8, 4) is 0 Å². The fourth-order valence-electron chi connectivity index (χ4n) is 1.36. The van der Waals surface area contributed by atoms with Crippen LogP contribution in [-0.4, -0.2) is 29.3 Å². The van der Waals surface area contributed by atoms with E-state index >= 15 is 0 Å². The lowest BCUT2D eigenvalue weighted by Crippen LogP contribution is -2.46. The molecule has 76 valence electrons. The maximum atomic E-state index is 11.7. The molecule has 0 aromatic heterocycles.